The van der Waals surface area contributed by atoms with Crippen LogP contribution in [-0.4, -0.2) is 19.6 Å². The van der Waals surface area contributed by atoms with Crippen LogP contribution in [0.15, 0.2) is 152 Å². The molecule has 1 N–H and O–H groups in total. The number of aryl methyl sites for hydroxylation is 1. The Hall–Kier alpha value is -6.35. The normalized spacial score (nSPS) is 17.4. The predicted octanol–water partition coefficient (Wildman–Crippen LogP) is 18.4. The molecule has 4 nitrogen and oxygen atoms in total. The van der Waals surface area contributed by atoms with Crippen molar-refractivity contribution >= 4 is 11.0 Å². The van der Waals surface area contributed by atoms with Gasteiger partial charge in [-0.3, -0.25) is 9.55 Å². The smallest absolute Gasteiger partial charge is 0.148 e. The molecule has 0 amide bonds. The molecule has 0 spiro atoms. The number of nitrogens with zero attached hydrogens (tertiary/aromatic N) is 3. The fourth-order valence-corrected chi connectivity index (χ4v) is 8.70. The number of phenols is 1. The van der Waals surface area contributed by atoms with E-state index < -0.39 is 109 Å². The number of para-hydroxylation sites is 1. The van der Waals surface area contributed by atoms with Gasteiger partial charge in [-0.05, 0) is 121 Å². The molecule has 0 radical (unpaired) electrons. The summed E-state index contributed by atoms with van der Waals surface area (Å²) in [4.78, 5) is 9.79. The Balaban J connectivity index is 0.0000111. The molecule has 72 heavy (non-hydrogen) atoms. The van der Waals surface area contributed by atoms with Crippen molar-refractivity contribution in [3.8, 4) is 78.6 Å². The molecule has 370 valence electrons. The number of hydrogen-bond acceptors (Lipinski definition) is 3. The van der Waals surface area contributed by atoms with E-state index in [1.165, 1.54) is 0 Å². The molecule has 0 aliphatic heterocycles. The Morgan fingerprint density at radius 1 is 0.611 bits per heavy atom. The molecule has 9 rings (SSSR count). The summed E-state index contributed by atoms with van der Waals surface area (Å²) in [5, 5.41) is 12.7. The van der Waals surface area contributed by atoms with Crippen LogP contribution in [0.2, 0.25) is 0 Å². The molecule has 0 atom stereocenters. The molecule has 0 aliphatic rings. The molecular weight excluding hydrogens is 1060 g/mol. The largest absolute Gasteiger partial charge is 0.507 e. The van der Waals surface area contributed by atoms with Gasteiger partial charge in [-0.25, -0.2) is 4.98 Å². The van der Waals surface area contributed by atoms with Crippen LogP contribution >= 0.6 is 0 Å². The van der Waals surface area contributed by atoms with Gasteiger partial charge < -0.3 is 5.11 Å². The molecule has 9 aromatic rings. The summed E-state index contributed by atoms with van der Waals surface area (Å²) in [7, 11) is 0. The minimum Gasteiger partial charge on any atom is -0.507 e. The summed E-state index contributed by atoms with van der Waals surface area (Å²) in [6.07, 6.45) is -0.818. The van der Waals surface area contributed by atoms with Gasteiger partial charge in [0, 0.05) is 57.7 Å². The molecule has 5 heteroatoms. The van der Waals surface area contributed by atoms with Gasteiger partial charge in [0.05, 0.1) is 31.9 Å². The average Bonchev–Trinajstić information content (AvgIpc) is 0.932. The minimum atomic E-state index is -3.97. The van der Waals surface area contributed by atoms with E-state index >= 15 is 0 Å². The van der Waals surface area contributed by atoms with Crippen LogP contribution in [-0.2, 0) is 37.3 Å². The topological polar surface area (TPSA) is 50.9 Å². The summed E-state index contributed by atoms with van der Waals surface area (Å²) in [5.41, 5.74) is -1.82. The van der Waals surface area contributed by atoms with Gasteiger partial charge in [-0.1, -0.05) is 204 Å². The number of pyridine rings is 1. The number of fused-ring (bicyclic) bond motifs is 1. The zero-order chi connectivity index (χ0) is 68.7. The Kier molecular flexibility index (Phi) is 8.66. The molecule has 2 aromatic heterocycles. The zero-order valence-electron chi connectivity index (χ0n) is 63.0. The summed E-state index contributed by atoms with van der Waals surface area (Å²) >= 11 is 0. The minimum absolute atomic E-state index is 0. The summed E-state index contributed by atoms with van der Waals surface area (Å²) in [6, 6.07) is 29.2. The van der Waals surface area contributed by atoms with E-state index in [-0.39, 0.29) is 71.5 Å². The van der Waals surface area contributed by atoms with E-state index in [0.29, 0.717) is 55.7 Å². The van der Waals surface area contributed by atoms with E-state index in [2.05, 4.69) is 31.8 Å². The first-order valence-electron chi connectivity index (χ1n) is 34.0. The van der Waals surface area contributed by atoms with Crippen molar-refractivity contribution in [2.24, 2.45) is 0 Å². The number of benzene rings is 7. The second-order valence-corrected chi connectivity index (χ2v) is 20.6. The first kappa shape index (κ1) is 31.3. The number of aromatic nitrogens is 3. The van der Waals surface area contributed by atoms with Crippen molar-refractivity contribution in [1.82, 2.24) is 14.5 Å². The van der Waals surface area contributed by atoms with Gasteiger partial charge in [0.15, 0.2) is 0 Å². The Bertz CT molecular complexity index is 4340. The third kappa shape index (κ3) is 10.3. The molecule has 0 saturated heterocycles. The second-order valence-electron chi connectivity index (χ2n) is 20.6. The van der Waals surface area contributed by atoms with Gasteiger partial charge in [-0.2, -0.15) is 0 Å². The summed E-state index contributed by atoms with van der Waals surface area (Å²) < 4.78 is 187. The number of aromatic hydroxyl groups is 1. The standard InChI is InChI=1S/C67H70N3O.Pt/c1-41(2)48-37-55(42(3)4)63(71)58(38-48)64-69-62-54(49-34-50(36-53(35-49)67(12,13)14)59-39-47(31-32-68-59)44-23-27-51(28-24-44)65(6,7)8)21-18-22-60(62)70(64)61-33-43(5)56(40-57(61)45-19-16-15-17-20-45)46-25-29-52(30-26-46)66(9,10)11;/h15-33,35-42,71H,1-14H3;/q-1;/i5D3,6D3,7D3,8D3,23D,24D,27D,28D,31D,32D,39D,41D,42D;. The van der Waals surface area contributed by atoms with Gasteiger partial charge in [0.1, 0.15) is 11.6 Å². The maximum atomic E-state index is 12.7. The van der Waals surface area contributed by atoms with Crippen LogP contribution in [0.3, 0.4) is 0 Å². The quantitative estimate of drug-likeness (QED) is 0.147. The van der Waals surface area contributed by atoms with Crippen LogP contribution in [0.4, 0.5) is 0 Å². The van der Waals surface area contributed by atoms with Gasteiger partial charge in [-0.15, -0.1) is 29.3 Å². The predicted molar refractivity (Wildman–Crippen MR) is 301 cm³/mol. The Labute approximate surface area is 473 Å². The van der Waals surface area contributed by atoms with Gasteiger partial charge in [0.2, 0.25) is 0 Å². The summed E-state index contributed by atoms with van der Waals surface area (Å²) in [6.45, 7) is 3.91. The molecular formula is C67H70N3OPt-. The van der Waals surface area contributed by atoms with Crippen molar-refractivity contribution in [3.05, 3.63) is 191 Å². The molecule has 0 fully saturated rings. The van der Waals surface area contributed by atoms with Crippen LogP contribution in [0.5, 0.6) is 5.75 Å². The van der Waals surface area contributed by atoms with Crippen molar-refractivity contribution in [2.45, 2.75) is 125 Å². The molecule has 0 aliphatic carbocycles. The Morgan fingerprint density at radius 2 is 1.29 bits per heavy atom. The molecule has 7 aromatic carbocycles. The third-order valence-corrected chi connectivity index (χ3v) is 12.8. The van der Waals surface area contributed by atoms with Crippen LogP contribution in [0.1, 0.15) is 164 Å². The van der Waals surface area contributed by atoms with E-state index in [4.69, 9.17) is 26.9 Å². The van der Waals surface area contributed by atoms with Crippen molar-refractivity contribution < 1.29 is 55.0 Å². The van der Waals surface area contributed by atoms with E-state index in [1.807, 2.05) is 87.5 Å². The maximum Gasteiger partial charge on any atom is 0.148 e. The first-order chi connectivity index (χ1) is 42.0. The number of imidazole rings is 1. The molecule has 2 heterocycles. The van der Waals surface area contributed by atoms with Crippen LogP contribution < -0.4 is 0 Å². The second kappa shape index (κ2) is 19.9. The number of hydrogen-bond donors (Lipinski definition) is 1. The maximum absolute atomic E-state index is 12.7. The fraction of sp³-hybridized carbons (Fsp3) is 0.284. The van der Waals surface area contributed by atoms with E-state index in [1.54, 1.807) is 74.7 Å². The SMILES string of the molecule is [2H]c1nc(-c2[c-]c(-c3cccc4c3nc(-c3cc(C([2H])(C)C)cc(C([2H])(C)C)c3O)n4-c3cc(C([2H])([2H])[2H])c(-c4ccc(C(C)(C)C)cc4)cc3-c3ccccc3)cc(C(C)(C)C)c2)c([2H])c(-c2c([2H])c([2H])c(C(C([2H])([2H])[2H])(C([2H])([2H])[2H])C([2H])([2H])[2H])c([2H])c2[2H])c1[2H].[Pt]. The van der Waals surface area contributed by atoms with Crippen LogP contribution in [0.25, 0.3) is 83.9 Å². The fourth-order valence-electron chi connectivity index (χ4n) is 8.70. The molecule has 0 bridgehead atoms. The first-order valence-corrected chi connectivity index (χ1v) is 23.5. The van der Waals surface area contributed by atoms with E-state index in [9.17, 15) is 12.0 Å². The van der Waals surface area contributed by atoms with Crippen molar-refractivity contribution in [2.75, 3.05) is 0 Å². The van der Waals surface area contributed by atoms with Crippen LogP contribution in [0, 0.1) is 12.9 Å². The zero-order valence-corrected chi connectivity index (χ0v) is 44.3. The third-order valence-electron chi connectivity index (χ3n) is 12.8. The van der Waals surface area contributed by atoms with E-state index in [0.717, 1.165) is 5.56 Å². The monoisotopic (exact) mass is 1150 g/mol. The van der Waals surface area contributed by atoms with Crippen molar-refractivity contribution in [3.63, 3.8) is 0 Å². The molecule has 0 unspecified atom stereocenters. The number of rotatable bonds is 9. The Morgan fingerprint density at radius 3 is 1.93 bits per heavy atom. The summed E-state index contributed by atoms with van der Waals surface area (Å²) in [5.74, 6) is -2.94. The molecule has 0 saturated carbocycles. The van der Waals surface area contributed by atoms with Gasteiger partial charge >= 0.3 is 0 Å². The van der Waals surface area contributed by atoms with Crippen molar-refractivity contribution in [1.29, 1.82) is 0 Å². The van der Waals surface area contributed by atoms with Gasteiger partial charge in [0.25, 0.3) is 0 Å². The number of phenolic OH excluding ortho intramolecular Hbond substituents is 1. The average molecular weight is 1150 g/mol.